The normalized spacial score (nSPS) is 13.6. The molecule has 0 saturated carbocycles. The molecule has 20 heavy (non-hydrogen) atoms. The minimum absolute atomic E-state index is 0.0215. The van der Waals surface area contributed by atoms with E-state index in [-0.39, 0.29) is 12.1 Å². The predicted molar refractivity (Wildman–Crippen MR) is 82.0 cm³/mol. The van der Waals surface area contributed by atoms with Gasteiger partial charge in [-0.05, 0) is 43.0 Å². The first-order valence-electron chi connectivity index (χ1n) is 6.45. The maximum Gasteiger partial charge on any atom is 0.319 e. The van der Waals surface area contributed by atoms with Crippen LogP contribution in [0, 0.1) is 0 Å². The molecule has 2 aromatic rings. The number of aliphatic hydroxyl groups excluding tert-OH is 1. The Labute approximate surface area is 122 Å². The zero-order valence-corrected chi connectivity index (χ0v) is 12.3. The third-order valence-electron chi connectivity index (χ3n) is 2.97. The second-order valence-corrected chi connectivity index (χ2v) is 5.61. The van der Waals surface area contributed by atoms with Gasteiger partial charge in [0.2, 0.25) is 0 Å². The van der Waals surface area contributed by atoms with Crippen LogP contribution in [-0.2, 0) is 0 Å². The maximum absolute atomic E-state index is 11.9. The van der Waals surface area contributed by atoms with Crippen molar-refractivity contribution in [3.63, 3.8) is 0 Å². The Kier molecular flexibility index (Phi) is 4.76. The fourth-order valence-corrected chi connectivity index (χ4v) is 2.55. The van der Waals surface area contributed by atoms with E-state index in [1.165, 1.54) is 0 Å². The summed E-state index contributed by atoms with van der Waals surface area (Å²) < 4.78 is 0. The molecule has 2 unspecified atom stereocenters. The molecule has 1 aromatic heterocycles. The summed E-state index contributed by atoms with van der Waals surface area (Å²) in [7, 11) is 0. The highest BCUT2D eigenvalue weighted by molar-refractivity contribution is 7.10. The van der Waals surface area contributed by atoms with Gasteiger partial charge < -0.3 is 15.7 Å². The first-order valence-corrected chi connectivity index (χ1v) is 7.33. The lowest BCUT2D eigenvalue weighted by molar-refractivity contribution is 0.199. The lowest BCUT2D eigenvalue weighted by Gasteiger charge is -2.13. The number of hydrogen-bond donors (Lipinski definition) is 3. The Morgan fingerprint density at radius 3 is 2.45 bits per heavy atom. The maximum atomic E-state index is 11.9. The van der Waals surface area contributed by atoms with E-state index in [9.17, 15) is 9.90 Å². The average Bonchev–Trinajstić information content (AvgIpc) is 2.93. The summed E-state index contributed by atoms with van der Waals surface area (Å²) >= 11 is 1.61. The minimum Gasteiger partial charge on any atom is -0.389 e. The molecule has 0 aliphatic rings. The van der Waals surface area contributed by atoms with Crippen LogP contribution in [0.2, 0.25) is 0 Å². The molecule has 0 aliphatic carbocycles. The van der Waals surface area contributed by atoms with E-state index >= 15 is 0 Å². The summed E-state index contributed by atoms with van der Waals surface area (Å²) in [4.78, 5) is 13.0. The van der Waals surface area contributed by atoms with E-state index in [2.05, 4.69) is 10.6 Å². The van der Waals surface area contributed by atoms with Crippen LogP contribution in [0.15, 0.2) is 41.8 Å². The number of thiophene rings is 1. The van der Waals surface area contributed by atoms with Crippen molar-refractivity contribution < 1.29 is 9.90 Å². The molecule has 0 radical (unpaired) electrons. The van der Waals surface area contributed by atoms with Gasteiger partial charge >= 0.3 is 6.03 Å². The summed E-state index contributed by atoms with van der Waals surface area (Å²) in [5.41, 5.74) is 1.52. The molecule has 2 rings (SSSR count). The molecule has 4 nitrogen and oxygen atoms in total. The molecule has 1 aromatic carbocycles. The van der Waals surface area contributed by atoms with Gasteiger partial charge in [-0.3, -0.25) is 0 Å². The van der Waals surface area contributed by atoms with E-state index in [1.807, 2.05) is 24.4 Å². The monoisotopic (exact) mass is 290 g/mol. The van der Waals surface area contributed by atoms with Crippen LogP contribution in [0.4, 0.5) is 10.5 Å². The van der Waals surface area contributed by atoms with Crippen molar-refractivity contribution in [2.75, 3.05) is 5.32 Å². The number of nitrogens with one attached hydrogen (secondary N) is 2. The van der Waals surface area contributed by atoms with Crippen LogP contribution in [0.25, 0.3) is 0 Å². The molecule has 0 bridgehead atoms. The van der Waals surface area contributed by atoms with E-state index in [0.29, 0.717) is 5.69 Å². The molecule has 3 N–H and O–H groups in total. The SMILES string of the molecule is CC(O)c1ccc(NC(=O)NC(C)c2cccs2)cc1. The van der Waals surface area contributed by atoms with Gasteiger partial charge in [0.25, 0.3) is 0 Å². The third-order valence-corrected chi connectivity index (χ3v) is 4.02. The lowest BCUT2D eigenvalue weighted by Crippen LogP contribution is -2.30. The van der Waals surface area contributed by atoms with Gasteiger partial charge in [-0.25, -0.2) is 4.79 Å². The van der Waals surface area contributed by atoms with Crippen molar-refractivity contribution in [2.45, 2.75) is 26.0 Å². The molecule has 2 amide bonds. The highest BCUT2D eigenvalue weighted by Crippen LogP contribution is 2.19. The Morgan fingerprint density at radius 1 is 1.20 bits per heavy atom. The number of benzene rings is 1. The van der Waals surface area contributed by atoms with Gasteiger partial charge in [-0.15, -0.1) is 11.3 Å². The standard InChI is InChI=1S/C15H18N2O2S/c1-10(14-4-3-9-20-14)16-15(19)17-13-7-5-12(6-8-13)11(2)18/h3-11,18H,1-2H3,(H2,16,17,19). The molecule has 0 saturated heterocycles. The van der Waals surface area contributed by atoms with E-state index in [0.717, 1.165) is 10.4 Å². The van der Waals surface area contributed by atoms with Crippen molar-refractivity contribution in [2.24, 2.45) is 0 Å². The van der Waals surface area contributed by atoms with Gasteiger partial charge in [-0.2, -0.15) is 0 Å². The second-order valence-electron chi connectivity index (χ2n) is 4.63. The average molecular weight is 290 g/mol. The lowest BCUT2D eigenvalue weighted by atomic mass is 10.1. The van der Waals surface area contributed by atoms with E-state index in [4.69, 9.17) is 0 Å². The largest absolute Gasteiger partial charge is 0.389 e. The quantitative estimate of drug-likeness (QED) is 0.804. The molecular weight excluding hydrogens is 272 g/mol. The number of carbonyl (C=O) groups is 1. The van der Waals surface area contributed by atoms with Crippen molar-refractivity contribution in [1.29, 1.82) is 0 Å². The summed E-state index contributed by atoms with van der Waals surface area (Å²) in [5, 5.41) is 17.1. The summed E-state index contributed by atoms with van der Waals surface area (Å²) in [6, 6.07) is 10.8. The molecule has 0 fully saturated rings. The Morgan fingerprint density at radius 2 is 1.90 bits per heavy atom. The number of carbonyl (C=O) groups excluding carboxylic acids is 1. The van der Waals surface area contributed by atoms with Gasteiger partial charge in [-0.1, -0.05) is 18.2 Å². The van der Waals surface area contributed by atoms with Gasteiger partial charge in [0.1, 0.15) is 0 Å². The first kappa shape index (κ1) is 14.6. The topological polar surface area (TPSA) is 61.4 Å². The highest BCUT2D eigenvalue weighted by Gasteiger charge is 2.10. The molecule has 2 atom stereocenters. The van der Waals surface area contributed by atoms with Crippen LogP contribution in [0.5, 0.6) is 0 Å². The van der Waals surface area contributed by atoms with Crippen molar-refractivity contribution >= 4 is 23.1 Å². The molecule has 0 spiro atoms. The van der Waals surface area contributed by atoms with Crippen molar-refractivity contribution in [3.05, 3.63) is 52.2 Å². The zero-order valence-electron chi connectivity index (χ0n) is 11.5. The van der Waals surface area contributed by atoms with Crippen LogP contribution in [0.1, 0.15) is 36.4 Å². The van der Waals surface area contributed by atoms with E-state index < -0.39 is 6.10 Å². The highest BCUT2D eigenvalue weighted by atomic mass is 32.1. The number of anilines is 1. The minimum atomic E-state index is -0.503. The Balaban J connectivity index is 1.91. The Hall–Kier alpha value is -1.85. The van der Waals surface area contributed by atoms with Gasteiger partial charge in [0.15, 0.2) is 0 Å². The number of urea groups is 1. The van der Waals surface area contributed by atoms with Gasteiger partial charge in [0, 0.05) is 10.6 Å². The zero-order chi connectivity index (χ0) is 14.5. The number of hydrogen-bond acceptors (Lipinski definition) is 3. The second kappa shape index (κ2) is 6.54. The van der Waals surface area contributed by atoms with Crippen molar-refractivity contribution in [1.82, 2.24) is 5.32 Å². The smallest absolute Gasteiger partial charge is 0.319 e. The fourth-order valence-electron chi connectivity index (χ4n) is 1.82. The molecule has 106 valence electrons. The molecule has 1 heterocycles. The van der Waals surface area contributed by atoms with Gasteiger partial charge in [0.05, 0.1) is 12.1 Å². The molecule has 0 aliphatic heterocycles. The summed E-state index contributed by atoms with van der Waals surface area (Å²) in [6.45, 7) is 3.65. The molecule has 5 heteroatoms. The van der Waals surface area contributed by atoms with Crippen LogP contribution < -0.4 is 10.6 Å². The number of amides is 2. The third kappa shape index (κ3) is 3.82. The number of rotatable bonds is 4. The molecular formula is C15H18N2O2S. The van der Waals surface area contributed by atoms with Crippen LogP contribution >= 0.6 is 11.3 Å². The van der Waals surface area contributed by atoms with Crippen LogP contribution in [-0.4, -0.2) is 11.1 Å². The Bertz CT molecular complexity index is 550. The van der Waals surface area contributed by atoms with Crippen molar-refractivity contribution in [3.8, 4) is 0 Å². The summed E-state index contributed by atoms with van der Waals surface area (Å²) in [5.74, 6) is 0. The van der Waals surface area contributed by atoms with Crippen LogP contribution in [0.3, 0.4) is 0 Å². The van der Waals surface area contributed by atoms with E-state index in [1.54, 1.807) is 42.5 Å². The summed E-state index contributed by atoms with van der Waals surface area (Å²) in [6.07, 6.45) is -0.503. The first-order chi connectivity index (χ1) is 9.56. The number of aliphatic hydroxyl groups is 1. The fraction of sp³-hybridized carbons (Fsp3) is 0.267. The predicted octanol–water partition coefficient (Wildman–Crippen LogP) is 3.68.